The van der Waals surface area contributed by atoms with Crippen molar-refractivity contribution in [2.24, 2.45) is 0 Å². The van der Waals surface area contributed by atoms with Crippen LogP contribution in [0.25, 0.3) is 5.69 Å². The Hall–Kier alpha value is -2.67. The first-order chi connectivity index (χ1) is 11.5. The van der Waals surface area contributed by atoms with Crippen LogP contribution in [-0.2, 0) is 9.53 Å². The van der Waals surface area contributed by atoms with Crippen LogP contribution in [-0.4, -0.2) is 39.5 Å². The van der Waals surface area contributed by atoms with Crippen molar-refractivity contribution >= 4 is 17.6 Å². The number of carbonyl (C=O) groups is 2. The second kappa shape index (κ2) is 6.84. The number of benzene rings is 1. The van der Waals surface area contributed by atoms with Gasteiger partial charge in [0.1, 0.15) is 5.56 Å². The summed E-state index contributed by atoms with van der Waals surface area (Å²) in [5, 5.41) is 16.1. The summed E-state index contributed by atoms with van der Waals surface area (Å²) in [7, 11) is 0. The Morgan fingerprint density at radius 2 is 2.29 bits per heavy atom. The fraction of sp³-hybridized carbons (Fsp3) is 0.353. The number of hydrogen-bond acceptors (Lipinski definition) is 4. The van der Waals surface area contributed by atoms with E-state index in [1.807, 2.05) is 0 Å². The van der Waals surface area contributed by atoms with Gasteiger partial charge in [0.25, 0.3) is 0 Å². The average Bonchev–Trinajstić information content (AvgIpc) is 3.16. The highest BCUT2D eigenvalue weighted by molar-refractivity contribution is 5.91. The number of ether oxygens (including phenoxy) is 1. The van der Waals surface area contributed by atoms with Gasteiger partial charge in [-0.15, -0.1) is 0 Å². The van der Waals surface area contributed by atoms with Crippen molar-refractivity contribution in [2.75, 3.05) is 11.9 Å². The first-order valence-electron chi connectivity index (χ1n) is 7.84. The summed E-state index contributed by atoms with van der Waals surface area (Å²) in [6, 6.07) is 7.15. The molecule has 2 heterocycles. The highest BCUT2D eigenvalue weighted by atomic mass is 16.5. The molecular formula is C17H19N3O4. The molecule has 1 unspecified atom stereocenters. The number of aromatic carboxylic acids is 1. The van der Waals surface area contributed by atoms with Gasteiger partial charge in [-0.3, -0.25) is 4.79 Å². The van der Waals surface area contributed by atoms with E-state index in [1.165, 1.54) is 6.20 Å². The second-order valence-electron chi connectivity index (χ2n) is 5.80. The summed E-state index contributed by atoms with van der Waals surface area (Å²) in [6.45, 7) is 2.41. The second-order valence-corrected chi connectivity index (χ2v) is 5.80. The molecule has 7 heteroatoms. The number of carbonyl (C=O) groups excluding carboxylic acids is 1. The monoisotopic (exact) mass is 329 g/mol. The van der Waals surface area contributed by atoms with Gasteiger partial charge in [-0.1, -0.05) is 6.07 Å². The van der Waals surface area contributed by atoms with Crippen molar-refractivity contribution in [1.82, 2.24) is 9.78 Å². The molecule has 1 amide bonds. The van der Waals surface area contributed by atoms with Crippen molar-refractivity contribution in [3.8, 4) is 5.69 Å². The Morgan fingerprint density at radius 3 is 2.96 bits per heavy atom. The maximum Gasteiger partial charge on any atom is 0.339 e. The maximum absolute atomic E-state index is 12.1. The average molecular weight is 329 g/mol. The van der Waals surface area contributed by atoms with E-state index in [9.17, 15) is 9.59 Å². The zero-order chi connectivity index (χ0) is 17.1. The van der Waals surface area contributed by atoms with E-state index in [2.05, 4.69) is 10.4 Å². The fourth-order valence-corrected chi connectivity index (χ4v) is 2.82. The molecule has 1 fully saturated rings. The van der Waals surface area contributed by atoms with Crippen molar-refractivity contribution in [1.29, 1.82) is 0 Å². The molecule has 2 N–H and O–H groups in total. The lowest BCUT2D eigenvalue weighted by molar-refractivity contribution is -0.118. The third-order valence-electron chi connectivity index (χ3n) is 4.05. The van der Waals surface area contributed by atoms with E-state index in [0.717, 1.165) is 19.4 Å². The van der Waals surface area contributed by atoms with E-state index in [1.54, 1.807) is 35.9 Å². The van der Waals surface area contributed by atoms with Crippen LogP contribution in [0.1, 0.15) is 35.3 Å². The highest BCUT2D eigenvalue weighted by Crippen LogP contribution is 2.20. The quantitative estimate of drug-likeness (QED) is 0.878. The van der Waals surface area contributed by atoms with E-state index in [0.29, 0.717) is 23.5 Å². The predicted molar refractivity (Wildman–Crippen MR) is 87.5 cm³/mol. The van der Waals surface area contributed by atoms with Crippen LogP contribution >= 0.6 is 0 Å². The third kappa shape index (κ3) is 3.46. The Bertz CT molecular complexity index is 763. The lowest BCUT2D eigenvalue weighted by Crippen LogP contribution is -2.19. The van der Waals surface area contributed by atoms with Crippen LogP contribution in [0.5, 0.6) is 0 Å². The van der Waals surface area contributed by atoms with E-state index in [4.69, 9.17) is 9.84 Å². The first-order valence-corrected chi connectivity index (χ1v) is 7.84. The van der Waals surface area contributed by atoms with Crippen molar-refractivity contribution in [3.05, 3.63) is 41.7 Å². The number of nitrogens with one attached hydrogen (secondary N) is 1. The molecule has 1 aliphatic heterocycles. The standard InChI is InChI=1S/C17H19N3O4/c1-11-15(17(22)23)10-18-20(11)13-5-2-4-12(8-13)19-16(21)9-14-6-3-7-24-14/h2,4-5,8,10,14H,3,6-7,9H2,1H3,(H,19,21)(H,22,23). The minimum absolute atomic E-state index is 0.000308. The van der Waals surface area contributed by atoms with Crippen molar-refractivity contribution in [2.45, 2.75) is 32.3 Å². The summed E-state index contributed by atoms with van der Waals surface area (Å²) in [5.41, 5.74) is 2.02. The van der Waals surface area contributed by atoms with E-state index in [-0.39, 0.29) is 17.6 Å². The van der Waals surface area contributed by atoms with Crippen LogP contribution in [0.4, 0.5) is 5.69 Å². The molecule has 1 aromatic carbocycles. The van der Waals surface area contributed by atoms with Crippen molar-refractivity contribution < 1.29 is 19.4 Å². The number of carboxylic acid groups (broad SMARTS) is 1. The molecule has 0 spiro atoms. The van der Waals surface area contributed by atoms with Gasteiger partial charge in [-0.05, 0) is 38.0 Å². The molecule has 0 radical (unpaired) electrons. The van der Waals surface area contributed by atoms with Gasteiger partial charge in [-0.25, -0.2) is 9.48 Å². The minimum Gasteiger partial charge on any atom is -0.478 e. The molecule has 126 valence electrons. The number of carboxylic acids is 1. The molecular weight excluding hydrogens is 310 g/mol. The Labute approximate surface area is 139 Å². The number of rotatable bonds is 5. The number of anilines is 1. The smallest absolute Gasteiger partial charge is 0.339 e. The van der Waals surface area contributed by atoms with Gasteiger partial charge < -0.3 is 15.2 Å². The molecule has 0 saturated carbocycles. The van der Waals surface area contributed by atoms with Gasteiger partial charge in [0.2, 0.25) is 5.91 Å². The van der Waals surface area contributed by atoms with E-state index < -0.39 is 5.97 Å². The minimum atomic E-state index is -1.01. The molecule has 0 bridgehead atoms. The molecule has 2 aromatic rings. The van der Waals surface area contributed by atoms with Gasteiger partial charge in [0.05, 0.1) is 30.1 Å². The van der Waals surface area contributed by atoms with Crippen LogP contribution in [0.2, 0.25) is 0 Å². The normalized spacial score (nSPS) is 17.0. The summed E-state index contributed by atoms with van der Waals surface area (Å²) >= 11 is 0. The lowest BCUT2D eigenvalue weighted by Gasteiger charge is -2.11. The predicted octanol–water partition coefficient (Wildman–Crippen LogP) is 2.39. The van der Waals surface area contributed by atoms with E-state index >= 15 is 0 Å². The molecule has 1 aromatic heterocycles. The molecule has 1 saturated heterocycles. The fourth-order valence-electron chi connectivity index (χ4n) is 2.82. The molecule has 0 aliphatic carbocycles. The number of nitrogens with zero attached hydrogens (tertiary/aromatic N) is 2. The summed E-state index contributed by atoms with van der Waals surface area (Å²) < 4.78 is 7.01. The zero-order valence-electron chi connectivity index (χ0n) is 13.4. The Morgan fingerprint density at radius 1 is 1.46 bits per heavy atom. The summed E-state index contributed by atoms with van der Waals surface area (Å²) in [6.07, 6.45) is 3.57. The van der Waals surface area contributed by atoms with Crippen LogP contribution in [0.15, 0.2) is 30.5 Å². The topological polar surface area (TPSA) is 93.5 Å². The van der Waals surface area contributed by atoms with Gasteiger partial charge >= 0.3 is 5.97 Å². The summed E-state index contributed by atoms with van der Waals surface area (Å²) in [4.78, 5) is 23.2. The molecule has 7 nitrogen and oxygen atoms in total. The first kappa shape index (κ1) is 16.2. The zero-order valence-corrected chi connectivity index (χ0v) is 13.4. The van der Waals surface area contributed by atoms with Crippen molar-refractivity contribution in [3.63, 3.8) is 0 Å². The van der Waals surface area contributed by atoms with Gasteiger partial charge in [-0.2, -0.15) is 5.10 Å². The third-order valence-corrected chi connectivity index (χ3v) is 4.05. The molecule has 1 aliphatic rings. The Balaban J connectivity index is 1.74. The number of amides is 1. The molecule has 24 heavy (non-hydrogen) atoms. The molecule has 1 atom stereocenters. The maximum atomic E-state index is 12.1. The van der Waals surface area contributed by atoms with Crippen LogP contribution in [0.3, 0.4) is 0 Å². The van der Waals surface area contributed by atoms with Crippen LogP contribution in [0, 0.1) is 6.92 Å². The molecule has 3 rings (SSSR count). The highest BCUT2D eigenvalue weighted by Gasteiger charge is 2.19. The number of hydrogen-bond donors (Lipinski definition) is 2. The number of aromatic nitrogens is 2. The van der Waals surface area contributed by atoms with Crippen LogP contribution < -0.4 is 5.32 Å². The SMILES string of the molecule is Cc1c(C(=O)O)cnn1-c1cccc(NC(=O)CC2CCCO2)c1. The lowest BCUT2D eigenvalue weighted by atomic mass is 10.1. The largest absolute Gasteiger partial charge is 0.478 e. The van der Waals surface area contributed by atoms with Gasteiger partial charge in [0.15, 0.2) is 0 Å². The summed E-state index contributed by atoms with van der Waals surface area (Å²) in [5.74, 6) is -1.11. The Kier molecular flexibility index (Phi) is 4.61. The van der Waals surface area contributed by atoms with Gasteiger partial charge in [0, 0.05) is 12.3 Å².